The van der Waals surface area contributed by atoms with Gasteiger partial charge in [0, 0.05) is 11.9 Å². The molecule has 172 valence electrons. The van der Waals surface area contributed by atoms with Gasteiger partial charge < -0.3 is 14.8 Å². The first kappa shape index (κ1) is 21.7. The molecule has 0 radical (unpaired) electrons. The molecule has 0 atom stereocenters. The van der Waals surface area contributed by atoms with Gasteiger partial charge in [0.05, 0.1) is 24.6 Å². The number of anilines is 1. The van der Waals surface area contributed by atoms with Crippen LogP contribution in [0.5, 0.6) is 11.5 Å². The van der Waals surface area contributed by atoms with E-state index in [-0.39, 0.29) is 15.6 Å². The van der Waals surface area contributed by atoms with Crippen molar-refractivity contribution in [3.8, 4) is 11.5 Å². The number of nitrogens with one attached hydrogen (secondary N) is 1. The fraction of sp³-hybridized carbons (Fsp3) is 0.125. The Hall–Kier alpha value is -4.18. The standard InChI is InChI=1S/C24H21N5O4S/c1-32-20-13-12-16(14-21(20)33-2)15-25-22-18-10-6-7-11-19(18)29-23(26-22)24(27-28-29)34(30,31)17-8-4-3-5-9-17/h3-14H,15H2,1-2H3,(H,25,26). The SMILES string of the molecule is COc1ccc(CNc2nc3c(S(=O)(=O)c4ccccc4)nnn3c3ccccc23)cc1OC. The van der Waals surface area contributed by atoms with Gasteiger partial charge in [-0.1, -0.05) is 41.6 Å². The Labute approximate surface area is 195 Å². The van der Waals surface area contributed by atoms with E-state index in [1.807, 2.05) is 42.5 Å². The van der Waals surface area contributed by atoms with Crippen molar-refractivity contribution in [1.82, 2.24) is 19.8 Å². The molecule has 0 spiro atoms. The zero-order valence-electron chi connectivity index (χ0n) is 18.5. The third-order valence-corrected chi connectivity index (χ3v) is 7.10. The van der Waals surface area contributed by atoms with Crippen molar-refractivity contribution in [1.29, 1.82) is 0 Å². The highest BCUT2D eigenvalue weighted by Crippen LogP contribution is 2.30. The molecule has 0 aliphatic carbocycles. The second-order valence-electron chi connectivity index (χ2n) is 7.47. The lowest BCUT2D eigenvalue weighted by atomic mass is 10.2. The zero-order chi connectivity index (χ0) is 23.7. The lowest BCUT2D eigenvalue weighted by molar-refractivity contribution is 0.354. The minimum absolute atomic E-state index is 0.132. The lowest BCUT2D eigenvalue weighted by Crippen LogP contribution is -2.07. The average Bonchev–Trinajstić information content (AvgIpc) is 3.32. The highest BCUT2D eigenvalue weighted by molar-refractivity contribution is 7.91. The van der Waals surface area contributed by atoms with Gasteiger partial charge in [0.1, 0.15) is 5.82 Å². The molecule has 3 aromatic carbocycles. The Morgan fingerprint density at radius 3 is 2.41 bits per heavy atom. The largest absolute Gasteiger partial charge is 0.493 e. The number of fused-ring (bicyclic) bond motifs is 3. The molecule has 34 heavy (non-hydrogen) atoms. The summed E-state index contributed by atoms with van der Waals surface area (Å²) < 4.78 is 38.7. The lowest BCUT2D eigenvalue weighted by Gasteiger charge is -2.12. The monoisotopic (exact) mass is 475 g/mol. The molecule has 0 bridgehead atoms. The summed E-state index contributed by atoms with van der Waals surface area (Å²) >= 11 is 0. The molecule has 0 saturated carbocycles. The molecule has 0 aliphatic heterocycles. The van der Waals surface area contributed by atoms with Crippen molar-refractivity contribution in [2.45, 2.75) is 16.5 Å². The molecular weight excluding hydrogens is 454 g/mol. The number of ether oxygens (including phenoxy) is 2. The van der Waals surface area contributed by atoms with Crippen LogP contribution in [0.3, 0.4) is 0 Å². The van der Waals surface area contributed by atoms with Gasteiger partial charge in [0.25, 0.3) is 0 Å². The molecule has 10 heteroatoms. The summed E-state index contributed by atoms with van der Waals surface area (Å²) in [4.78, 5) is 4.77. The van der Waals surface area contributed by atoms with E-state index >= 15 is 0 Å². The average molecular weight is 476 g/mol. The van der Waals surface area contributed by atoms with E-state index in [4.69, 9.17) is 9.47 Å². The number of sulfone groups is 1. The highest BCUT2D eigenvalue weighted by Gasteiger charge is 2.26. The quantitative estimate of drug-likeness (QED) is 0.379. The first-order valence-corrected chi connectivity index (χ1v) is 11.9. The van der Waals surface area contributed by atoms with E-state index in [1.165, 1.54) is 16.6 Å². The Balaban J connectivity index is 1.60. The van der Waals surface area contributed by atoms with Crippen molar-refractivity contribution < 1.29 is 17.9 Å². The Bertz CT molecular complexity index is 1600. The molecule has 9 nitrogen and oxygen atoms in total. The van der Waals surface area contributed by atoms with E-state index in [1.54, 1.807) is 32.4 Å². The molecule has 5 rings (SSSR count). The molecule has 5 aromatic rings. The van der Waals surface area contributed by atoms with Gasteiger partial charge in [-0.05, 0) is 42.0 Å². The van der Waals surface area contributed by atoms with Crippen LogP contribution in [0.4, 0.5) is 5.82 Å². The third-order valence-electron chi connectivity index (χ3n) is 5.44. The molecule has 0 fully saturated rings. The predicted octanol–water partition coefficient (Wildman–Crippen LogP) is 3.74. The Morgan fingerprint density at radius 1 is 0.912 bits per heavy atom. The van der Waals surface area contributed by atoms with Crippen LogP contribution in [0, 0.1) is 0 Å². The number of methoxy groups -OCH3 is 2. The van der Waals surface area contributed by atoms with Crippen LogP contribution in [0.2, 0.25) is 0 Å². The van der Waals surface area contributed by atoms with Gasteiger partial charge in [-0.2, -0.15) is 4.52 Å². The maximum absolute atomic E-state index is 13.3. The van der Waals surface area contributed by atoms with Gasteiger partial charge >= 0.3 is 0 Å². The molecule has 2 aromatic heterocycles. The Kier molecular flexibility index (Phi) is 5.50. The van der Waals surface area contributed by atoms with Crippen LogP contribution < -0.4 is 14.8 Å². The third kappa shape index (κ3) is 3.67. The fourth-order valence-electron chi connectivity index (χ4n) is 3.74. The summed E-state index contributed by atoms with van der Waals surface area (Å²) in [6.45, 7) is 0.426. The Morgan fingerprint density at radius 2 is 1.65 bits per heavy atom. The molecule has 0 unspecified atom stereocenters. The van der Waals surface area contributed by atoms with E-state index in [0.717, 1.165) is 10.9 Å². The number of rotatable bonds is 7. The molecule has 0 saturated heterocycles. The number of para-hydroxylation sites is 1. The van der Waals surface area contributed by atoms with Gasteiger partial charge in [0.2, 0.25) is 14.9 Å². The van der Waals surface area contributed by atoms with Crippen molar-refractivity contribution >= 4 is 32.2 Å². The molecule has 0 amide bonds. The van der Waals surface area contributed by atoms with Gasteiger partial charge in [0.15, 0.2) is 17.1 Å². The second-order valence-corrected chi connectivity index (χ2v) is 9.33. The van der Waals surface area contributed by atoms with Crippen LogP contribution >= 0.6 is 0 Å². The van der Waals surface area contributed by atoms with E-state index < -0.39 is 9.84 Å². The number of hydrogen-bond donors (Lipinski definition) is 1. The van der Waals surface area contributed by atoms with Crippen molar-refractivity contribution in [2.75, 3.05) is 19.5 Å². The van der Waals surface area contributed by atoms with Crippen molar-refractivity contribution in [3.63, 3.8) is 0 Å². The first-order chi connectivity index (χ1) is 16.5. The normalized spacial score (nSPS) is 11.6. The molecule has 2 heterocycles. The topological polar surface area (TPSA) is 108 Å². The smallest absolute Gasteiger partial charge is 0.229 e. The second kappa shape index (κ2) is 8.64. The van der Waals surface area contributed by atoms with Gasteiger partial charge in [-0.25, -0.2) is 13.4 Å². The van der Waals surface area contributed by atoms with Crippen LogP contribution in [0.25, 0.3) is 16.6 Å². The minimum atomic E-state index is -3.91. The summed E-state index contributed by atoms with van der Waals surface area (Å²) in [6.07, 6.45) is 0. The molecule has 0 aliphatic rings. The zero-order valence-corrected chi connectivity index (χ0v) is 19.3. The number of benzene rings is 3. The summed E-state index contributed by atoms with van der Waals surface area (Å²) in [7, 11) is -0.739. The highest BCUT2D eigenvalue weighted by atomic mass is 32.2. The first-order valence-electron chi connectivity index (χ1n) is 10.4. The van der Waals surface area contributed by atoms with Crippen molar-refractivity contribution in [3.05, 3.63) is 78.4 Å². The number of nitrogens with zero attached hydrogens (tertiary/aromatic N) is 4. The summed E-state index contributed by atoms with van der Waals surface area (Å²) in [5.41, 5.74) is 1.77. The van der Waals surface area contributed by atoms with Crippen LogP contribution in [-0.2, 0) is 16.4 Å². The molecule has 1 N–H and O–H groups in total. The summed E-state index contributed by atoms with van der Waals surface area (Å²) in [5.74, 6) is 1.77. The van der Waals surface area contributed by atoms with E-state index in [9.17, 15) is 8.42 Å². The maximum atomic E-state index is 13.3. The minimum Gasteiger partial charge on any atom is -0.493 e. The number of aromatic nitrogens is 4. The van der Waals surface area contributed by atoms with Crippen LogP contribution in [0.15, 0.2) is 82.7 Å². The van der Waals surface area contributed by atoms with Gasteiger partial charge in [-0.3, -0.25) is 0 Å². The maximum Gasteiger partial charge on any atom is 0.229 e. The van der Waals surface area contributed by atoms with Crippen molar-refractivity contribution in [2.24, 2.45) is 0 Å². The summed E-state index contributed by atoms with van der Waals surface area (Å²) in [6, 6.07) is 21.2. The summed E-state index contributed by atoms with van der Waals surface area (Å²) in [5, 5.41) is 12.0. The van der Waals surface area contributed by atoms with Crippen LogP contribution in [-0.4, -0.2) is 42.4 Å². The van der Waals surface area contributed by atoms with E-state index in [2.05, 4.69) is 20.6 Å². The molecular formula is C24H21N5O4S. The van der Waals surface area contributed by atoms with Crippen LogP contribution in [0.1, 0.15) is 5.56 Å². The fourth-order valence-corrected chi connectivity index (χ4v) is 5.00. The number of hydrogen-bond acceptors (Lipinski definition) is 8. The predicted molar refractivity (Wildman–Crippen MR) is 127 cm³/mol. The van der Waals surface area contributed by atoms with Gasteiger partial charge in [-0.15, -0.1) is 5.10 Å². The van der Waals surface area contributed by atoms with E-state index in [0.29, 0.717) is 29.4 Å².